The summed E-state index contributed by atoms with van der Waals surface area (Å²) in [5.74, 6) is -0.139. The van der Waals surface area contributed by atoms with Gasteiger partial charge < -0.3 is 9.30 Å². The third-order valence-corrected chi connectivity index (χ3v) is 4.50. The minimum Gasteiger partial charge on any atom is -0.380 e. The van der Waals surface area contributed by atoms with E-state index in [-0.39, 0.29) is 5.91 Å². The Morgan fingerprint density at radius 2 is 2.14 bits per heavy atom. The Morgan fingerprint density at radius 3 is 2.77 bits per heavy atom. The molecule has 2 rings (SSSR count). The molecule has 1 heterocycles. The minimum absolute atomic E-state index is 0.139. The normalized spacial score (nSPS) is 13.0. The second-order valence-electron chi connectivity index (χ2n) is 5.99. The minimum atomic E-state index is -0.502. The van der Waals surface area contributed by atoms with Gasteiger partial charge in [-0.25, -0.2) is 0 Å². The predicted octanol–water partition coefficient (Wildman–Crippen LogP) is 3.87. The number of nitrogens with zero attached hydrogens (tertiary/aromatic N) is 2. The van der Waals surface area contributed by atoms with Crippen molar-refractivity contribution in [3.8, 4) is 0 Å². The van der Waals surface area contributed by atoms with Crippen molar-refractivity contribution in [2.75, 3.05) is 13.2 Å². The molecule has 22 heavy (non-hydrogen) atoms. The average molecular weight is 341 g/mol. The van der Waals surface area contributed by atoms with Crippen molar-refractivity contribution in [1.29, 1.82) is 0 Å². The van der Waals surface area contributed by atoms with Crippen molar-refractivity contribution >= 4 is 39.1 Å². The summed E-state index contributed by atoms with van der Waals surface area (Å²) in [5, 5.41) is 0.662. The van der Waals surface area contributed by atoms with Crippen LogP contribution < -0.4 is 4.80 Å². The molecular weight excluding hydrogens is 320 g/mol. The molecule has 1 amide bonds. The van der Waals surface area contributed by atoms with Gasteiger partial charge in [-0.1, -0.05) is 49.8 Å². The molecule has 0 atom stereocenters. The average Bonchev–Trinajstić information content (AvgIpc) is 2.77. The summed E-state index contributed by atoms with van der Waals surface area (Å²) in [4.78, 5) is 17.2. The van der Waals surface area contributed by atoms with Gasteiger partial charge in [-0.2, -0.15) is 4.99 Å². The summed E-state index contributed by atoms with van der Waals surface area (Å²) < 4.78 is 8.43. The van der Waals surface area contributed by atoms with E-state index >= 15 is 0 Å². The number of carbonyl (C=O) groups excluding carboxylic acids is 1. The van der Waals surface area contributed by atoms with E-state index in [0.717, 1.165) is 10.2 Å². The van der Waals surface area contributed by atoms with Crippen molar-refractivity contribution in [3.05, 3.63) is 28.0 Å². The van der Waals surface area contributed by atoms with Crippen LogP contribution in [0.2, 0.25) is 5.02 Å². The smallest absolute Gasteiger partial charge is 0.253 e. The van der Waals surface area contributed by atoms with Gasteiger partial charge in [-0.15, -0.1) is 0 Å². The first-order valence-corrected chi connectivity index (χ1v) is 8.48. The van der Waals surface area contributed by atoms with E-state index in [0.29, 0.717) is 29.6 Å². The molecule has 1 aromatic heterocycles. The Hall–Kier alpha value is -1.17. The summed E-state index contributed by atoms with van der Waals surface area (Å²) in [6.45, 7) is 9.39. The van der Waals surface area contributed by atoms with E-state index in [1.165, 1.54) is 11.3 Å². The Labute approximate surface area is 139 Å². The standard InChI is InChI=1S/C16H21ClN2O2S/c1-5-21-10-9-19-13-11(17)7-6-8-12(13)22-15(19)18-14(20)16(2,3)4/h6-8H,5,9-10H2,1-4H3. The SMILES string of the molecule is CCOCCn1c(=NC(=O)C(C)(C)C)sc2cccc(Cl)c21. The number of fused-ring (bicyclic) bond motifs is 1. The van der Waals surface area contributed by atoms with Crippen LogP contribution in [0.3, 0.4) is 0 Å². The maximum atomic E-state index is 12.2. The summed E-state index contributed by atoms with van der Waals surface area (Å²) in [5.41, 5.74) is 0.409. The highest BCUT2D eigenvalue weighted by Crippen LogP contribution is 2.25. The lowest BCUT2D eigenvalue weighted by atomic mass is 9.96. The van der Waals surface area contributed by atoms with Crippen LogP contribution in [0.15, 0.2) is 23.2 Å². The highest BCUT2D eigenvalue weighted by molar-refractivity contribution is 7.16. The third-order valence-electron chi connectivity index (χ3n) is 3.15. The lowest BCUT2D eigenvalue weighted by Crippen LogP contribution is -2.24. The van der Waals surface area contributed by atoms with E-state index in [4.69, 9.17) is 16.3 Å². The van der Waals surface area contributed by atoms with E-state index in [1.54, 1.807) is 0 Å². The fourth-order valence-electron chi connectivity index (χ4n) is 1.93. The van der Waals surface area contributed by atoms with E-state index in [9.17, 15) is 4.79 Å². The number of hydrogen-bond acceptors (Lipinski definition) is 3. The number of amides is 1. The molecule has 0 aliphatic carbocycles. The van der Waals surface area contributed by atoms with Gasteiger partial charge in [0.25, 0.3) is 5.91 Å². The second-order valence-corrected chi connectivity index (χ2v) is 7.40. The number of halogens is 1. The first-order valence-electron chi connectivity index (χ1n) is 7.29. The van der Waals surface area contributed by atoms with Crippen LogP contribution in [0.4, 0.5) is 0 Å². The van der Waals surface area contributed by atoms with Gasteiger partial charge in [0, 0.05) is 18.6 Å². The first kappa shape index (κ1) is 17.2. The summed E-state index contributed by atoms with van der Waals surface area (Å²) in [6, 6.07) is 5.75. The fourth-order valence-corrected chi connectivity index (χ4v) is 3.35. The molecule has 0 radical (unpaired) electrons. The lowest BCUT2D eigenvalue weighted by molar-refractivity contribution is -0.125. The maximum absolute atomic E-state index is 12.2. The second kappa shape index (κ2) is 6.94. The highest BCUT2D eigenvalue weighted by atomic mass is 35.5. The molecule has 0 saturated carbocycles. The Balaban J connectivity index is 2.57. The predicted molar refractivity (Wildman–Crippen MR) is 91.3 cm³/mol. The summed E-state index contributed by atoms with van der Waals surface area (Å²) in [7, 11) is 0. The fraction of sp³-hybridized carbons (Fsp3) is 0.500. The maximum Gasteiger partial charge on any atom is 0.253 e. The van der Waals surface area contributed by atoms with Gasteiger partial charge >= 0.3 is 0 Å². The van der Waals surface area contributed by atoms with Crippen molar-refractivity contribution in [1.82, 2.24) is 4.57 Å². The van der Waals surface area contributed by atoms with Gasteiger partial charge in [0.15, 0.2) is 4.80 Å². The van der Waals surface area contributed by atoms with Crippen LogP contribution in [0.1, 0.15) is 27.7 Å². The Kier molecular flexibility index (Phi) is 5.42. The van der Waals surface area contributed by atoms with Crippen molar-refractivity contribution in [2.45, 2.75) is 34.2 Å². The third kappa shape index (κ3) is 3.77. The molecule has 4 nitrogen and oxygen atoms in total. The van der Waals surface area contributed by atoms with E-state index in [2.05, 4.69) is 4.99 Å². The molecule has 120 valence electrons. The van der Waals surface area contributed by atoms with Gasteiger partial charge in [0.2, 0.25) is 0 Å². The van der Waals surface area contributed by atoms with Crippen LogP contribution in [0.5, 0.6) is 0 Å². The zero-order chi connectivity index (χ0) is 16.3. The van der Waals surface area contributed by atoms with Crippen LogP contribution in [-0.4, -0.2) is 23.7 Å². The molecular formula is C16H21ClN2O2S. The number of carbonyl (C=O) groups is 1. The molecule has 0 spiro atoms. The molecule has 1 aromatic carbocycles. The van der Waals surface area contributed by atoms with E-state index < -0.39 is 5.41 Å². The highest BCUT2D eigenvalue weighted by Gasteiger charge is 2.21. The van der Waals surface area contributed by atoms with Crippen molar-refractivity contribution in [3.63, 3.8) is 0 Å². The van der Waals surface area contributed by atoms with Crippen LogP contribution in [0.25, 0.3) is 10.2 Å². The van der Waals surface area contributed by atoms with Gasteiger partial charge in [0.05, 0.1) is 21.8 Å². The van der Waals surface area contributed by atoms with Crippen LogP contribution >= 0.6 is 22.9 Å². The molecule has 0 aliphatic rings. The molecule has 0 fully saturated rings. The molecule has 0 bridgehead atoms. The molecule has 6 heteroatoms. The van der Waals surface area contributed by atoms with Crippen LogP contribution in [0, 0.1) is 5.41 Å². The Morgan fingerprint density at radius 1 is 1.41 bits per heavy atom. The van der Waals surface area contributed by atoms with Gasteiger partial charge in [-0.3, -0.25) is 4.79 Å². The van der Waals surface area contributed by atoms with Crippen LogP contribution in [-0.2, 0) is 16.1 Å². The summed E-state index contributed by atoms with van der Waals surface area (Å²) >= 11 is 7.81. The number of rotatable bonds is 4. The number of para-hydroxylation sites is 1. The number of aromatic nitrogens is 1. The molecule has 0 N–H and O–H groups in total. The van der Waals surface area contributed by atoms with Crippen molar-refractivity contribution < 1.29 is 9.53 Å². The lowest BCUT2D eigenvalue weighted by Gasteiger charge is -2.12. The molecule has 0 saturated heterocycles. The van der Waals surface area contributed by atoms with Gasteiger partial charge in [-0.05, 0) is 19.1 Å². The number of hydrogen-bond donors (Lipinski definition) is 0. The zero-order valence-electron chi connectivity index (χ0n) is 13.4. The van der Waals surface area contributed by atoms with Crippen molar-refractivity contribution in [2.24, 2.45) is 10.4 Å². The number of ether oxygens (including phenoxy) is 1. The first-order chi connectivity index (χ1) is 10.3. The largest absolute Gasteiger partial charge is 0.380 e. The summed E-state index contributed by atoms with van der Waals surface area (Å²) in [6.07, 6.45) is 0. The van der Waals surface area contributed by atoms with E-state index in [1.807, 2.05) is 50.5 Å². The molecule has 0 aliphatic heterocycles. The zero-order valence-corrected chi connectivity index (χ0v) is 14.9. The Bertz CT molecular complexity index is 741. The molecule has 0 unspecified atom stereocenters. The number of benzene rings is 1. The topological polar surface area (TPSA) is 43.6 Å². The molecule has 2 aromatic rings. The monoisotopic (exact) mass is 340 g/mol. The van der Waals surface area contributed by atoms with Gasteiger partial charge in [0.1, 0.15) is 0 Å². The quantitative estimate of drug-likeness (QED) is 0.793. The number of thiazole rings is 1.